The van der Waals surface area contributed by atoms with Gasteiger partial charge in [-0.25, -0.2) is 4.98 Å². The van der Waals surface area contributed by atoms with E-state index in [0.717, 1.165) is 56.1 Å². The van der Waals surface area contributed by atoms with E-state index in [1.165, 1.54) is 23.4 Å². The number of hydrogen-bond acceptors (Lipinski definition) is 4. The van der Waals surface area contributed by atoms with Crippen LogP contribution in [0.5, 0.6) is 5.75 Å². The summed E-state index contributed by atoms with van der Waals surface area (Å²) < 4.78 is 6.47. The van der Waals surface area contributed by atoms with Gasteiger partial charge in [0.2, 0.25) is 0 Å². The molecule has 1 aromatic heterocycles. The van der Waals surface area contributed by atoms with Crippen molar-refractivity contribution in [3.8, 4) is 5.75 Å². The first-order valence-corrected chi connectivity index (χ1v) is 11.3. The van der Waals surface area contributed by atoms with Crippen LogP contribution < -0.4 is 15.4 Å². The minimum Gasteiger partial charge on any atom is -0.487 e. The number of benzene rings is 1. The van der Waals surface area contributed by atoms with Crippen LogP contribution in [0.25, 0.3) is 0 Å². The van der Waals surface area contributed by atoms with Crippen molar-refractivity contribution in [3.63, 3.8) is 0 Å². The Kier molecular flexibility index (Phi) is 5.85. The molecule has 5 nitrogen and oxygen atoms in total. The van der Waals surface area contributed by atoms with Gasteiger partial charge in [0.25, 0.3) is 0 Å². The fraction of sp³-hybridized carbons (Fsp3) is 0.545. The van der Waals surface area contributed by atoms with Crippen molar-refractivity contribution in [2.24, 2.45) is 4.99 Å². The topological polar surface area (TPSA) is 58.5 Å². The molecule has 1 saturated carbocycles. The fourth-order valence-electron chi connectivity index (χ4n) is 4.37. The Morgan fingerprint density at radius 1 is 1.32 bits per heavy atom. The van der Waals surface area contributed by atoms with Gasteiger partial charge in [0.15, 0.2) is 5.96 Å². The molecule has 1 spiro atoms. The van der Waals surface area contributed by atoms with Gasteiger partial charge in [0.05, 0.1) is 16.7 Å². The molecule has 0 saturated heterocycles. The molecule has 1 fully saturated rings. The van der Waals surface area contributed by atoms with Gasteiger partial charge >= 0.3 is 0 Å². The second-order valence-corrected chi connectivity index (χ2v) is 8.71. The SMILES string of the molecule is CCc1nc(CCNC(=NC)NC2CC3(CCCC3)Oc3ccccc32)cs1. The number of aryl methyl sites for hydroxylation is 1. The number of hydrogen-bond donors (Lipinski definition) is 2. The Hall–Kier alpha value is -2.08. The molecule has 0 radical (unpaired) electrons. The smallest absolute Gasteiger partial charge is 0.191 e. The van der Waals surface area contributed by atoms with E-state index in [-0.39, 0.29) is 11.6 Å². The molecule has 0 amide bonds. The summed E-state index contributed by atoms with van der Waals surface area (Å²) in [7, 11) is 1.84. The lowest BCUT2D eigenvalue weighted by molar-refractivity contribution is 0.0396. The number of rotatable bonds is 5. The maximum atomic E-state index is 6.47. The van der Waals surface area contributed by atoms with Gasteiger partial charge in [0.1, 0.15) is 11.4 Å². The Balaban J connectivity index is 1.40. The summed E-state index contributed by atoms with van der Waals surface area (Å²) in [6, 6.07) is 8.65. The quantitative estimate of drug-likeness (QED) is 0.584. The third-order valence-corrected chi connectivity index (χ3v) is 6.86. The first-order valence-electron chi connectivity index (χ1n) is 10.4. The summed E-state index contributed by atoms with van der Waals surface area (Å²) in [6.07, 6.45) is 7.73. The predicted octanol–water partition coefficient (Wildman–Crippen LogP) is 4.25. The molecule has 1 aliphatic heterocycles. The number of aromatic nitrogens is 1. The van der Waals surface area contributed by atoms with Crippen LogP contribution in [0.2, 0.25) is 0 Å². The molecule has 4 rings (SSSR count). The Morgan fingerprint density at radius 2 is 2.14 bits per heavy atom. The number of guanidine groups is 1. The number of thiazole rings is 1. The highest BCUT2D eigenvalue weighted by atomic mass is 32.1. The molecule has 28 heavy (non-hydrogen) atoms. The monoisotopic (exact) mass is 398 g/mol. The Morgan fingerprint density at radius 3 is 2.89 bits per heavy atom. The van der Waals surface area contributed by atoms with E-state index in [4.69, 9.17) is 4.74 Å². The van der Waals surface area contributed by atoms with Crippen molar-refractivity contribution in [1.82, 2.24) is 15.6 Å². The molecule has 1 unspecified atom stereocenters. The van der Waals surface area contributed by atoms with E-state index in [0.29, 0.717) is 0 Å². The third-order valence-electron chi connectivity index (χ3n) is 5.82. The summed E-state index contributed by atoms with van der Waals surface area (Å²) in [5, 5.41) is 10.5. The average Bonchev–Trinajstić information content (AvgIpc) is 3.36. The van der Waals surface area contributed by atoms with Gasteiger partial charge in [-0.15, -0.1) is 11.3 Å². The van der Waals surface area contributed by atoms with Crippen molar-refractivity contribution in [1.29, 1.82) is 0 Å². The van der Waals surface area contributed by atoms with Gasteiger partial charge in [-0.05, 0) is 38.2 Å². The van der Waals surface area contributed by atoms with Crippen LogP contribution in [0.4, 0.5) is 0 Å². The Labute approximate surface area is 171 Å². The maximum Gasteiger partial charge on any atom is 0.191 e. The summed E-state index contributed by atoms with van der Waals surface area (Å²) >= 11 is 1.75. The van der Waals surface area contributed by atoms with E-state index in [2.05, 4.69) is 57.2 Å². The zero-order valence-corrected chi connectivity index (χ0v) is 17.6. The lowest BCUT2D eigenvalue weighted by Gasteiger charge is -2.40. The van der Waals surface area contributed by atoms with E-state index in [1.54, 1.807) is 11.3 Å². The van der Waals surface area contributed by atoms with Crippen LogP contribution >= 0.6 is 11.3 Å². The van der Waals surface area contributed by atoms with Crippen LogP contribution in [-0.4, -0.2) is 30.1 Å². The highest BCUT2D eigenvalue weighted by Crippen LogP contribution is 2.46. The number of nitrogens with zero attached hydrogens (tertiary/aromatic N) is 2. The van der Waals surface area contributed by atoms with Gasteiger partial charge in [-0.1, -0.05) is 25.1 Å². The summed E-state index contributed by atoms with van der Waals surface area (Å²) in [5.74, 6) is 1.87. The molecule has 2 N–H and O–H groups in total. The van der Waals surface area contributed by atoms with E-state index in [9.17, 15) is 0 Å². The molecule has 0 bridgehead atoms. The summed E-state index contributed by atoms with van der Waals surface area (Å²) in [6.45, 7) is 2.97. The van der Waals surface area contributed by atoms with Crippen molar-refractivity contribution in [2.75, 3.05) is 13.6 Å². The van der Waals surface area contributed by atoms with Crippen molar-refractivity contribution < 1.29 is 4.74 Å². The van der Waals surface area contributed by atoms with E-state index in [1.807, 2.05) is 7.05 Å². The second-order valence-electron chi connectivity index (χ2n) is 7.77. The van der Waals surface area contributed by atoms with Gasteiger partial charge in [-0.2, -0.15) is 0 Å². The predicted molar refractivity (Wildman–Crippen MR) is 115 cm³/mol. The molecule has 2 heterocycles. The number of aliphatic imine (C=N–C) groups is 1. The molecule has 2 aromatic rings. The second kappa shape index (κ2) is 8.52. The Bertz CT molecular complexity index is 825. The van der Waals surface area contributed by atoms with Crippen molar-refractivity contribution >= 4 is 17.3 Å². The zero-order valence-electron chi connectivity index (χ0n) is 16.8. The molecular formula is C22H30N4OS. The highest BCUT2D eigenvalue weighted by Gasteiger charge is 2.43. The molecule has 1 aromatic carbocycles. The van der Waals surface area contributed by atoms with Gasteiger partial charge in [-0.3, -0.25) is 4.99 Å². The maximum absolute atomic E-state index is 6.47. The molecule has 2 aliphatic rings. The largest absolute Gasteiger partial charge is 0.487 e. The third kappa shape index (κ3) is 4.17. The van der Waals surface area contributed by atoms with Gasteiger partial charge in [0, 0.05) is 37.4 Å². The standard InChI is InChI=1S/C22H30N4OS/c1-3-20-25-16(15-28-20)10-13-24-21(23-2)26-18-14-22(11-6-7-12-22)27-19-9-5-4-8-17(18)19/h4-5,8-9,15,18H,3,6-7,10-14H2,1-2H3,(H2,23,24,26). The fourth-order valence-corrected chi connectivity index (χ4v) is 5.15. The summed E-state index contributed by atoms with van der Waals surface area (Å²) in [4.78, 5) is 9.11. The number of ether oxygens (including phenoxy) is 1. The minimum absolute atomic E-state index is 0.0119. The van der Waals surface area contributed by atoms with Crippen LogP contribution in [-0.2, 0) is 12.8 Å². The van der Waals surface area contributed by atoms with Crippen molar-refractivity contribution in [2.45, 2.75) is 63.5 Å². The molecule has 1 atom stereocenters. The average molecular weight is 399 g/mol. The number of para-hydroxylation sites is 1. The van der Waals surface area contributed by atoms with E-state index < -0.39 is 0 Å². The number of nitrogens with one attached hydrogen (secondary N) is 2. The minimum atomic E-state index is -0.0119. The van der Waals surface area contributed by atoms with Crippen molar-refractivity contribution in [3.05, 3.63) is 45.9 Å². The van der Waals surface area contributed by atoms with Crippen LogP contribution in [0.1, 0.15) is 61.3 Å². The first kappa shape index (κ1) is 19.2. The lowest BCUT2D eigenvalue weighted by atomic mass is 9.86. The first-order chi connectivity index (χ1) is 13.7. The summed E-state index contributed by atoms with van der Waals surface area (Å²) in [5.41, 5.74) is 2.38. The molecular weight excluding hydrogens is 368 g/mol. The van der Waals surface area contributed by atoms with Crippen LogP contribution in [0, 0.1) is 0 Å². The molecule has 150 valence electrons. The normalized spacial score (nSPS) is 20.6. The number of fused-ring (bicyclic) bond motifs is 1. The zero-order chi connectivity index (χ0) is 19.4. The van der Waals surface area contributed by atoms with Crippen LogP contribution in [0.15, 0.2) is 34.6 Å². The van der Waals surface area contributed by atoms with Crippen LogP contribution in [0.3, 0.4) is 0 Å². The molecule has 6 heteroatoms. The van der Waals surface area contributed by atoms with E-state index >= 15 is 0 Å². The lowest BCUT2D eigenvalue weighted by Crippen LogP contribution is -2.47. The molecule has 1 aliphatic carbocycles. The van der Waals surface area contributed by atoms with Gasteiger partial charge < -0.3 is 15.4 Å². The highest BCUT2D eigenvalue weighted by molar-refractivity contribution is 7.09.